The number of nitrogens with one attached hydrogen (secondary N) is 1. The van der Waals surface area contributed by atoms with Gasteiger partial charge >= 0.3 is 6.03 Å². The van der Waals surface area contributed by atoms with Crippen molar-refractivity contribution < 1.29 is 14.3 Å². The minimum atomic E-state index is -0.0793. The zero-order valence-electron chi connectivity index (χ0n) is 17.8. The summed E-state index contributed by atoms with van der Waals surface area (Å²) in [6.07, 6.45) is 4.70. The lowest BCUT2D eigenvalue weighted by Gasteiger charge is -2.35. The van der Waals surface area contributed by atoms with Crippen LogP contribution >= 0.6 is 0 Å². The van der Waals surface area contributed by atoms with Gasteiger partial charge in [0.15, 0.2) is 0 Å². The molecular weight excluding hydrogens is 366 g/mol. The first-order valence-corrected chi connectivity index (χ1v) is 11.1. The Hall–Kier alpha value is -2.08. The van der Waals surface area contributed by atoms with E-state index in [-0.39, 0.29) is 30.0 Å². The first kappa shape index (κ1) is 21.6. The lowest BCUT2D eigenvalue weighted by molar-refractivity contribution is -0.134. The summed E-state index contributed by atoms with van der Waals surface area (Å²) in [6, 6.07) is 10.1. The number of hydrogen-bond donors (Lipinski definition) is 1. The number of nitrogens with zero attached hydrogens (tertiary/aromatic N) is 2. The van der Waals surface area contributed by atoms with Gasteiger partial charge in [-0.25, -0.2) is 4.79 Å². The van der Waals surface area contributed by atoms with Crippen molar-refractivity contribution in [3.05, 3.63) is 35.9 Å². The normalized spacial score (nSPS) is 21.0. The van der Waals surface area contributed by atoms with Crippen molar-refractivity contribution in [3.8, 4) is 0 Å². The fourth-order valence-corrected chi connectivity index (χ4v) is 4.36. The first-order chi connectivity index (χ1) is 14.1. The van der Waals surface area contributed by atoms with E-state index in [4.69, 9.17) is 4.74 Å². The number of hydrogen-bond acceptors (Lipinski definition) is 3. The topological polar surface area (TPSA) is 61.9 Å². The maximum atomic E-state index is 13.0. The molecule has 0 radical (unpaired) electrons. The molecule has 0 bridgehead atoms. The molecule has 6 nitrogen and oxygen atoms in total. The van der Waals surface area contributed by atoms with Crippen molar-refractivity contribution in [1.29, 1.82) is 0 Å². The summed E-state index contributed by atoms with van der Waals surface area (Å²) < 4.78 is 5.67. The van der Waals surface area contributed by atoms with Gasteiger partial charge in [-0.1, -0.05) is 37.3 Å². The molecular formula is C23H35N3O3. The third-order valence-corrected chi connectivity index (χ3v) is 6.16. The quantitative estimate of drug-likeness (QED) is 0.762. The van der Waals surface area contributed by atoms with Crippen LogP contribution in [0.5, 0.6) is 0 Å². The lowest BCUT2D eigenvalue weighted by atomic mass is 9.93. The van der Waals surface area contributed by atoms with Gasteiger partial charge in [-0.05, 0) is 44.6 Å². The van der Waals surface area contributed by atoms with E-state index in [2.05, 4.69) is 12.2 Å². The zero-order valence-corrected chi connectivity index (χ0v) is 17.8. The number of amides is 3. The molecule has 0 aromatic heterocycles. The van der Waals surface area contributed by atoms with Crippen LogP contribution in [0.25, 0.3) is 0 Å². The molecule has 1 aromatic carbocycles. The molecule has 1 aromatic rings. The standard InChI is InChI=1S/C23H35N3O3/c1-3-21(18-9-6-5-7-10-18)22(27)26-14-12-19(13-15-26)24-23(28)25(4-2)17-20-11-8-16-29-20/h5-7,9-10,19-21H,3-4,8,11-17H2,1-2H3,(H,24,28). The third-order valence-electron chi connectivity index (χ3n) is 6.16. The average molecular weight is 402 g/mol. The Morgan fingerprint density at radius 3 is 2.48 bits per heavy atom. The van der Waals surface area contributed by atoms with Crippen molar-refractivity contribution in [2.75, 3.05) is 32.8 Å². The van der Waals surface area contributed by atoms with E-state index in [1.165, 1.54) is 0 Å². The molecule has 1 N–H and O–H groups in total. The van der Waals surface area contributed by atoms with E-state index in [1.807, 2.05) is 47.1 Å². The number of ether oxygens (including phenoxy) is 1. The van der Waals surface area contributed by atoms with Gasteiger partial charge in [0.2, 0.25) is 5.91 Å². The molecule has 6 heteroatoms. The summed E-state index contributed by atoms with van der Waals surface area (Å²) in [7, 11) is 0. The number of benzene rings is 1. The van der Waals surface area contributed by atoms with Gasteiger partial charge in [-0.15, -0.1) is 0 Å². The van der Waals surface area contributed by atoms with Gasteiger partial charge in [0, 0.05) is 38.8 Å². The molecule has 2 unspecified atom stereocenters. The molecule has 2 aliphatic heterocycles. The van der Waals surface area contributed by atoms with Crippen LogP contribution < -0.4 is 5.32 Å². The van der Waals surface area contributed by atoms with E-state index in [0.717, 1.165) is 44.3 Å². The Morgan fingerprint density at radius 2 is 1.90 bits per heavy atom. The van der Waals surface area contributed by atoms with Crippen LogP contribution in [0.15, 0.2) is 30.3 Å². The lowest BCUT2D eigenvalue weighted by Crippen LogP contribution is -2.51. The van der Waals surface area contributed by atoms with Crippen LogP contribution in [0.3, 0.4) is 0 Å². The highest BCUT2D eigenvalue weighted by Crippen LogP contribution is 2.24. The molecule has 2 aliphatic rings. The minimum absolute atomic E-state index is 0.0107. The van der Waals surface area contributed by atoms with Crippen molar-refractivity contribution >= 4 is 11.9 Å². The molecule has 2 saturated heterocycles. The first-order valence-electron chi connectivity index (χ1n) is 11.1. The van der Waals surface area contributed by atoms with Crippen LogP contribution in [0.2, 0.25) is 0 Å². The fraction of sp³-hybridized carbons (Fsp3) is 0.652. The van der Waals surface area contributed by atoms with Gasteiger partial charge < -0.3 is 19.9 Å². The molecule has 0 spiro atoms. The highest BCUT2D eigenvalue weighted by molar-refractivity contribution is 5.83. The monoisotopic (exact) mass is 401 g/mol. The summed E-state index contributed by atoms with van der Waals surface area (Å²) >= 11 is 0. The Bertz CT molecular complexity index is 653. The van der Waals surface area contributed by atoms with Crippen LogP contribution in [-0.4, -0.2) is 66.7 Å². The largest absolute Gasteiger partial charge is 0.376 e. The van der Waals surface area contributed by atoms with Crippen molar-refractivity contribution in [3.63, 3.8) is 0 Å². The van der Waals surface area contributed by atoms with Gasteiger partial charge in [0.05, 0.1) is 12.0 Å². The number of carbonyl (C=O) groups is 2. The molecule has 2 fully saturated rings. The van der Waals surface area contributed by atoms with Crippen molar-refractivity contribution in [2.24, 2.45) is 0 Å². The maximum absolute atomic E-state index is 13.0. The molecule has 160 valence electrons. The van der Waals surface area contributed by atoms with Crippen LogP contribution in [0.1, 0.15) is 57.4 Å². The Kier molecular flexibility index (Phi) is 7.92. The minimum Gasteiger partial charge on any atom is -0.376 e. The molecule has 3 amide bonds. The fourth-order valence-electron chi connectivity index (χ4n) is 4.36. The van der Waals surface area contributed by atoms with E-state index in [0.29, 0.717) is 26.2 Å². The maximum Gasteiger partial charge on any atom is 0.317 e. The predicted octanol–water partition coefficient (Wildman–Crippen LogP) is 3.38. The van der Waals surface area contributed by atoms with E-state index in [1.54, 1.807) is 0 Å². The second-order valence-corrected chi connectivity index (χ2v) is 8.09. The van der Waals surface area contributed by atoms with Crippen molar-refractivity contribution in [1.82, 2.24) is 15.1 Å². The molecule has 2 heterocycles. The summed E-state index contributed by atoms with van der Waals surface area (Å²) in [5.41, 5.74) is 1.09. The van der Waals surface area contributed by atoms with Crippen LogP contribution in [0.4, 0.5) is 4.79 Å². The second kappa shape index (κ2) is 10.6. The summed E-state index contributed by atoms with van der Waals surface area (Å²) in [5, 5.41) is 3.17. The smallest absolute Gasteiger partial charge is 0.317 e. The molecule has 0 saturated carbocycles. The van der Waals surface area contributed by atoms with Gasteiger partial charge in [0.25, 0.3) is 0 Å². The summed E-state index contributed by atoms with van der Waals surface area (Å²) in [6.45, 7) is 7.61. The second-order valence-electron chi connectivity index (χ2n) is 8.09. The molecule has 29 heavy (non-hydrogen) atoms. The summed E-state index contributed by atoms with van der Waals surface area (Å²) in [5.74, 6) is 0.126. The van der Waals surface area contributed by atoms with Gasteiger partial charge in [-0.3, -0.25) is 4.79 Å². The Labute approximate surface area is 174 Å². The highest BCUT2D eigenvalue weighted by Gasteiger charge is 2.30. The molecule has 2 atom stereocenters. The number of likely N-dealkylation sites (N-methyl/N-ethyl adjacent to an activating group) is 1. The number of carbonyl (C=O) groups excluding carboxylic acids is 2. The van der Waals surface area contributed by atoms with E-state index in [9.17, 15) is 9.59 Å². The Morgan fingerprint density at radius 1 is 1.17 bits per heavy atom. The van der Waals surface area contributed by atoms with Gasteiger partial charge in [-0.2, -0.15) is 0 Å². The van der Waals surface area contributed by atoms with Crippen molar-refractivity contribution in [2.45, 2.75) is 64.0 Å². The number of urea groups is 1. The number of rotatable bonds is 7. The number of piperidine rings is 1. The Balaban J connectivity index is 1.48. The molecule has 3 rings (SSSR count). The predicted molar refractivity (Wildman–Crippen MR) is 114 cm³/mol. The number of likely N-dealkylation sites (tertiary alicyclic amines) is 1. The third kappa shape index (κ3) is 5.72. The summed E-state index contributed by atoms with van der Waals surface area (Å²) in [4.78, 5) is 29.5. The van der Waals surface area contributed by atoms with Crippen LogP contribution in [0, 0.1) is 0 Å². The van der Waals surface area contributed by atoms with Gasteiger partial charge in [0.1, 0.15) is 0 Å². The van der Waals surface area contributed by atoms with E-state index >= 15 is 0 Å². The van der Waals surface area contributed by atoms with Crippen LogP contribution in [-0.2, 0) is 9.53 Å². The SMILES string of the molecule is CCC(C(=O)N1CCC(NC(=O)N(CC)CC2CCCO2)CC1)c1ccccc1. The zero-order chi connectivity index (χ0) is 20.6. The van der Waals surface area contributed by atoms with E-state index < -0.39 is 0 Å². The molecule has 0 aliphatic carbocycles. The average Bonchev–Trinajstić information content (AvgIpc) is 3.27. The highest BCUT2D eigenvalue weighted by atomic mass is 16.5.